The highest BCUT2D eigenvalue weighted by Gasteiger charge is 2.10. The maximum absolute atomic E-state index is 11.5. The highest BCUT2D eigenvalue weighted by molar-refractivity contribution is 5.87. The highest BCUT2D eigenvalue weighted by Crippen LogP contribution is 2.23. The lowest BCUT2D eigenvalue weighted by molar-refractivity contribution is -0.138. The molecule has 3 heteroatoms. The van der Waals surface area contributed by atoms with E-state index in [0.29, 0.717) is 18.1 Å². The zero-order valence-corrected chi connectivity index (χ0v) is 19.7. The Labute approximate surface area is 188 Å². The molecule has 3 nitrogen and oxygen atoms in total. The Morgan fingerprint density at radius 2 is 1.29 bits per heavy atom. The van der Waals surface area contributed by atoms with Gasteiger partial charge in [0.15, 0.2) is 0 Å². The van der Waals surface area contributed by atoms with Gasteiger partial charge < -0.3 is 9.84 Å². The van der Waals surface area contributed by atoms with E-state index in [1.807, 2.05) is 51.1 Å². The topological polar surface area (TPSA) is 46.5 Å². The van der Waals surface area contributed by atoms with Crippen LogP contribution in [0.25, 0.3) is 0 Å². The Kier molecular flexibility index (Phi) is 12.9. The first-order chi connectivity index (χ1) is 15.0. The summed E-state index contributed by atoms with van der Waals surface area (Å²) in [5, 5.41) is 8.96. The van der Waals surface area contributed by atoms with E-state index in [4.69, 9.17) is 9.84 Å². The summed E-state index contributed by atoms with van der Waals surface area (Å²) in [6.07, 6.45) is 6.19. The molecular weight excluding hydrogens is 384 g/mol. The molecule has 2 aromatic rings. The summed E-state index contributed by atoms with van der Waals surface area (Å²) in [6, 6.07) is 20.6. The zero-order chi connectivity index (χ0) is 23.1. The van der Waals surface area contributed by atoms with E-state index in [2.05, 4.69) is 56.3 Å². The number of ether oxygens (including phenoxy) is 1. The second-order valence-corrected chi connectivity index (χ2v) is 7.59. The molecule has 0 fully saturated rings. The number of esters is 1. The van der Waals surface area contributed by atoms with Gasteiger partial charge in [-0.1, -0.05) is 92.2 Å². The van der Waals surface area contributed by atoms with Crippen molar-refractivity contribution in [2.45, 2.75) is 59.3 Å². The number of hydrogen-bond donors (Lipinski definition) is 1. The van der Waals surface area contributed by atoms with Crippen molar-refractivity contribution in [3.63, 3.8) is 0 Å². The normalized spacial score (nSPS) is 13.6. The summed E-state index contributed by atoms with van der Waals surface area (Å²) in [4.78, 5) is 11.5. The number of allylic oxidation sites excluding steroid dienone is 2. The van der Waals surface area contributed by atoms with Crippen molar-refractivity contribution >= 4 is 5.97 Å². The van der Waals surface area contributed by atoms with Crippen molar-refractivity contribution < 1.29 is 14.6 Å². The minimum Gasteiger partial charge on any atom is -0.463 e. The Hall–Kier alpha value is -2.65. The van der Waals surface area contributed by atoms with Crippen molar-refractivity contribution in [1.29, 1.82) is 0 Å². The second kappa shape index (κ2) is 15.2. The van der Waals surface area contributed by atoms with Crippen LogP contribution >= 0.6 is 0 Å². The van der Waals surface area contributed by atoms with Crippen LogP contribution in [0.3, 0.4) is 0 Å². The number of benzene rings is 2. The maximum Gasteiger partial charge on any atom is 0.333 e. The lowest BCUT2D eigenvalue weighted by Gasteiger charge is -2.12. The summed E-state index contributed by atoms with van der Waals surface area (Å²) < 4.78 is 4.98. The molecule has 0 aliphatic rings. The molecule has 168 valence electrons. The minimum absolute atomic E-state index is 0.156. The SMILES string of the molecule is CCC(C=C(C)CO)c1ccccc1.CCOC(=O)C(C)=CC(CC)c1ccccc1. The molecule has 0 amide bonds. The molecule has 2 atom stereocenters. The Morgan fingerprint density at radius 3 is 1.68 bits per heavy atom. The molecule has 0 saturated carbocycles. The maximum atomic E-state index is 11.5. The van der Waals surface area contributed by atoms with Crippen molar-refractivity contribution in [2.24, 2.45) is 0 Å². The number of carbonyl (C=O) groups excluding carboxylic acids is 1. The van der Waals surface area contributed by atoms with Gasteiger partial charge in [-0.15, -0.1) is 0 Å². The lowest BCUT2D eigenvalue weighted by Crippen LogP contribution is -2.06. The lowest BCUT2D eigenvalue weighted by atomic mass is 9.94. The smallest absolute Gasteiger partial charge is 0.333 e. The van der Waals surface area contributed by atoms with Crippen LogP contribution in [0.5, 0.6) is 0 Å². The fourth-order valence-corrected chi connectivity index (χ4v) is 3.31. The number of carbonyl (C=O) groups is 1. The Bertz CT molecular complexity index is 807. The molecular formula is C28H38O3. The van der Waals surface area contributed by atoms with Gasteiger partial charge in [0, 0.05) is 17.4 Å². The molecule has 0 aliphatic carbocycles. The first kappa shape index (κ1) is 26.4. The van der Waals surface area contributed by atoms with Gasteiger partial charge >= 0.3 is 5.97 Å². The average Bonchev–Trinajstić information content (AvgIpc) is 2.82. The largest absolute Gasteiger partial charge is 0.463 e. The number of aliphatic hydroxyl groups is 1. The fraction of sp³-hybridized carbons (Fsp3) is 0.393. The predicted molar refractivity (Wildman–Crippen MR) is 130 cm³/mol. The number of aliphatic hydroxyl groups excluding tert-OH is 1. The van der Waals surface area contributed by atoms with Gasteiger partial charge in [0.25, 0.3) is 0 Å². The van der Waals surface area contributed by atoms with Crippen LogP contribution < -0.4 is 0 Å². The van der Waals surface area contributed by atoms with Crippen LogP contribution in [-0.4, -0.2) is 24.3 Å². The van der Waals surface area contributed by atoms with Gasteiger partial charge in [0.1, 0.15) is 0 Å². The van der Waals surface area contributed by atoms with Crippen molar-refractivity contribution in [2.75, 3.05) is 13.2 Å². The van der Waals surface area contributed by atoms with E-state index in [-0.39, 0.29) is 18.5 Å². The number of rotatable bonds is 9. The third kappa shape index (κ3) is 9.80. The Morgan fingerprint density at radius 1 is 0.839 bits per heavy atom. The summed E-state index contributed by atoms with van der Waals surface area (Å²) in [5.41, 5.74) is 4.28. The summed E-state index contributed by atoms with van der Waals surface area (Å²) >= 11 is 0. The highest BCUT2D eigenvalue weighted by atomic mass is 16.5. The summed E-state index contributed by atoms with van der Waals surface area (Å²) in [7, 11) is 0. The van der Waals surface area contributed by atoms with Gasteiger partial charge in [-0.3, -0.25) is 0 Å². The summed E-state index contributed by atoms with van der Waals surface area (Å²) in [5.74, 6) is 0.492. The molecule has 0 aromatic heterocycles. The van der Waals surface area contributed by atoms with Crippen LogP contribution in [0.2, 0.25) is 0 Å². The molecule has 0 saturated heterocycles. The second-order valence-electron chi connectivity index (χ2n) is 7.59. The summed E-state index contributed by atoms with van der Waals surface area (Å²) in [6.45, 7) is 10.5. The van der Waals surface area contributed by atoms with E-state index in [9.17, 15) is 4.79 Å². The zero-order valence-electron chi connectivity index (χ0n) is 19.7. The van der Waals surface area contributed by atoms with E-state index in [1.54, 1.807) is 0 Å². The van der Waals surface area contributed by atoms with Gasteiger partial charge in [-0.05, 0) is 44.7 Å². The third-order valence-corrected chi connectivity index (χ3v) is 5.12. The van der Waals surface area contributed by atoms with Gasteiger partial charge in [0.2, 0.25) is 0 Å². The van der Waals surface area contributed by atoms with E-state index >= 15 is 0 Å². The molecule has 0 heterocycles. The van der Waals surface area contributed by atoms with E-state index in [0.717, 1.165) is 18.4 Å². The first-order valence-corrected chi connectivity index (χ1v) is 11.2. The van der Waals surface area contributed by atoms with Crippen LogP contribution in [0.15, 0.2) is 84.0 Å². The van der Waals surface area contributed by atoms with Crippen LogP contribution in [-0.2, 0) is 9.53 Å². The van der Waals surface area contributed by atoms with Gasteiger partial charge in [-0.2, -0.15) is 0 Å². The number of hydrogen-bond acceptors (Lipinski definition) is 3. The molecule has 2 unspecified atom stereocenters. The standard InChI is InChI=1S/C15H20O2.C13H18O/c1-4-13(14-9-7-6-8-10-14)11-12(3)15(16)17-5-2;1-3-12(9-11(2)10-14)13-7-5-4-6-8-13/h6-11,13H,4-5H2,1-3H3;4-9,12,14H,3,10H2,1-2H3. The minimum atomic E-state index is -0.220. The van der Waals surface area contributed by atoms with Crippen molar-refractivity contribution in [3.8, 4) is 0 Å². The van der Waals surface area contributed by atoms with Crippen molar-refractivity contribution in [1.82, 2.24) is 0 Å². The van der Waals surface area contributed by atoms with E-state index in [1.165, 1.54) is 11.1 Å². The molecule has 0 aliphatic heterocycles. The first-order valence-electron chi connectivity index (χ1n) is 11.2. The molecule has 1 N–H and O–H groups in total. The molecule has 0 bridgehead atoms. The fourth-order valence-electron chi connectivity index (χ4n) is 3.31. The molecule has 0 spiro atoms. The molecule has 2 aromatic carbocycles. The monoisotopic (exact) mass is 422 g/mol. The van der Waals surface area contributed by atoms with Crippen LogP contribution in [0, 0.1) is 0 Å². The Balaban J connectivity index is 0.000000316. The van der Waals surface area contributed by atoms with Gasteiger partial charge in [-0.25, -0.2) is 4.79 Å². The predicted octanol–water partition coefficient (Wildman–Crippen LogP) is 6.81. The van der Waals surface area contributed by atoms with Crippen molar-refractivity contribution in [3.05, 3.63) is 95.1 Å². The quantitative estimate of drug-likeness (QED) is 0.274. The van der Waals surface area contributed by atoms with Gasteiger partial charge in [0.05, 0.1) is 13.2 Å². The third-order valence-electron chi connectivity index (χ3n) is 5.12. The average molecular weight is 423 g/mol. The molecule has 31 heavy (non-hydrogen) atoms. The van der Waals surface area contributed by atoms with E-state index < -0.39 is 0 Å². The molecule has 2 rings (SSSR count). The van der Waals surface area contributed by atoms with Crippen LogP contribution in [0.1, 0.15) is 70.4 Å². The van der Waals surface area contributed by atoms with Crippen LogP contribution in [0.4, 0.5) is 0 Å². The molecule has 0 radical (unpaired) electrons.